The topological polar surface area (TPSA) is 92.7 Å². The Kier molecular flexibility index (Phi) is 5.42. The Bertz CT molecular complexity index is 726. The minimum absolute atomic E-state index is 0.0926. The van der Waals surface area contributed by atoms with Gasteiger partial charge in [-0.2, -0.15) is 0 Å². The summed E-state index contributed by atoms with van der Waals surface area (Å²) in [6.45, 7) is 0. The molecule has 0 aliphatic carbocycles. The van der Waals surface area contributed by atoms with Crippen molar-refractivity contribution in [1.29, 1.82) is 0 Å². The first-order valence-electron chi connectivity index (χ1n) is 6.06. The van der Waals surface area contributed by atoms with Crippen LogP contribution in [0.25, 0.3) is 0 Å². The highest BCUT2D eigenvalue weighted by Crippen LogP contribution is 2.23. The number of sulfone groups is 1. The van der Waals surface area contributed by atoms with E-state index in [1.54, 1.807) is 24.3 Å². The van der Waals surface area contributed by atoms with Gasteiger partial charge in [0.2, 0.25) is 0 Å². The lowest BCUT2D eigenvalue weighted by Gasteiger charge is -2.06. The van der Waals surface area contributed by atoms with Crippen LogP contribution in [0.5, 0.6) is 5.75 Å². The number of carboxylic acid groups (broad SMARTS) is 1. The minimum atomic E-state index is -3.88. The van der Waals surface area contributed by atoms with E-state index in [9.17, 15) is 18.3 Å². The number of carbonyl (C=O) groups is 1. The van der Waals surface area contributed by atoms with Crippen molar-refractivity contribution in [3.63, 3.8) is 0 Å². The fourth-order valence-electron chi connectivity index (χ4n) is 1.51. The third-order valence-electron chi connectivity index (χ3n) is 2.49. The summed E-state index contributed by atoms with van der Waals surface area (Å²) in [6.07, 6.45) is 0. The van der Waals surface area contributed by atoms with Crippen LogP contribution in [0.2, 0.25) is 0 Å². The van der Waals surface area contributed by atoms with E-state index >= 15 is 0 Å². The second-order valence-corrected chi connectivity index (χ2v) is 6.91. The van der Waals surface area contributed by atoms with Gasteiger partial charge in [0.05, 0.1) is 28.7 Å². The van der Waals surface area contributed by atoms with Crippen LogP contribution < -0.4 is 9.99 Å². The Morgan fingerprint density at radius 2 is 1.68 bits per heavy atom. The summed E-state index contributed by atoms with van der Waals surface area (Å²) >= 11 is 0.903. The Morgan fingerprint density at radius 3 is 2.27 bits per heavy atom. The Balaban J connectivity index is 1.93. The first-order chi connectivity index (χ1) is 10.5. The summed E-state index contributed by atoms with van der Waals surface area (Å²) in [5.74, 6) is -2.16. The lowest BCUT2D eigenvalue weighted by molar-refractivity contribution is -0.301. The average Bonchev–Trinajstić information content (AvgIpc) is 2.47. The lowest BCUT2D eigenvalue weighted by atomic mass is 10.3. The van der Waals surface area contributed by atoms with Gasteiger partial charge >= 0.3 is 0 Å². The van der Waals surface area contributed by atoms with Crippen molar-refractivity contribution in [2.75, 3.05) is 5.75 Å². The number of rotatable bonds is 7. The lowest BCUT2D eigenvalue weighted by Crippen LogP contribution is -2.30. The number of carbonyl (C=O) groups excluding carboxylic acids is 1. The van der Waals surface area contributed by atoms with Gasteiger partial charge in [-0.1, -0.05) is 18.2 Å². The molecule has 2 rings (SSSR count). The molecule has 6 nitrogen and oxygen atoms in total. The van der Waals surface area contributed by atoms with Crippen molar-refractivity contribution in [1.82, 2.24) is 0 Å². The molecule has 2 aromatic rings. The molecular formula is C14H11O6S2-. The van der Waals surface area contributed by atoms with Crippen LogP contribution in [0.4, 0.5) is 0 Å². The van der Waals surface area contributed by atoms with Gasteiger partial charge in [0.1, 0.15) is 0 Å². The normalized spacial score (nSPS) is 11.1. The van der Waals surface area contributed by atoms with Gasteiger partial charge in [-0.25, -0.2) is 8.42 Å². The molecule has 0 atom stereocenters. The molecule has 116 valence electrons. The predicted octanol–water partition coefficient (Wildman–Crippen LogP) is 1.23. The SMILES string of the molecule is O=C([O-])CS(=O)(=O)c1ccc(SOOc2ccccc2)cc1. The molecule has 0 saturated carbocycles. The Morgan fingerprint density at radius 1 is 1.05 bits per heavy atom. The first-order valence-corrected chi connectivity index (χ1v) is 8.46. The van der Waals surface area contributed by atoms with Crippen molar-refractivity contribution in [2.45, 2.75) is 9.79 Å². The van der Waals surface area contributed by atoms with Crippen LogP contribution in [0.1, 0.15) is 0 Å². The van der Waals surface area contributed by atoms with Gasteiger partial charge < -0.3 is 14.8 Å². The van der Waals surface area contributed by atoms with E-state index in [1.165, 1.54) is 24.3 Å². The Hall–Kier alpha value is -2.03. The molecule has 0 fully saturated rings. The second kappa shape index (κ2) is 7.30. The van der Waals surface area contributed by atoms with Crippen molar-refractivity contribution < 1.29 is 27.5 Å². The van der Waals surface area contributed by atoms with Gasteiger partial charge in [0.15, 0.2) is 15.6 Å². The Labute approximate surface area is 131 Å². The van der Waals surface area contributed by atoms with Crippen molar-refractivity contribution >= 4 is 27.8 Å². The molecule has 0 bridgehead atoms. The van der Waals surface area contributed by atoms with Crippen LogP contribution in [-0.4, -0.2) is 20.1 Å². The van der Waals surface area contributed by atoms with Crippen LogP contribution in [0, 0.1) is 0 Å². The number of para-hydroxylation sites is 1. The molecule has 0 unspecified atom stereocenters. The fourth-order valence-corrected chi connectivity index (χ4v) is 2.98. The summed E-state index contributed by atoms with van der Waals surface area (Å²) in [6, 6.07) is 14.4. The summed E-state index contributed by atoms with van der Waals surface area (Å²) in [4.78, 5) is 15.9. The molecule has 22 heavy (non-hydrogen) atoms. The maximum Gasteiger partial charge on any atom is 0.183 e. The van der Waals surface area contributed by atoms with Gasteiger partial charge in [-0.3, -0.25) is 0 Å². The van der Waals surface area contributed by atoms with Crippen molar-refractivity contribution in [2.24, 2.45) is 0 Å². The maximum atomic E-state index is 11.7. The highest BCUT2D eigenvalue weighted by atomic mass is 32.2. The van der Waals surface area contributed by atoms with E-state index < -0.39 is 21.6 Å². The fraction of sp³-hybridized carbons (Fsp3) is 0.0714. The molecule has 0 N–H and O–H groups in total. The van der Waals surface area contributed by atoms with E-state index in [0.29, 0.717) is 10.6 Å². The molecule has 0 radical (unpaired) electrons. The molecule has 0 aromatic heterocycles. The van der Waals surface area contributed by atoms with E-state index in [1.807, 2.05) is 6.07 Å². The van der Waals surface area contributed by atoms with E-state index in [4.69, 9.17) is 9.22 Å². The molecule has 2 aromatic carbocycles. The molecular weight excluding hydrogens is 328 g/mol. The van der Waals surface area contributed by atoms with Crippen LogP contribution in [-0.2, 0) is 19.0 Å². The maximum absolute atomic E-state index is 11.7. The number of hydrogen-bond acceptors (Lipinski definition) is 7. The van der Waals surface area contributed by atoms with Gasteiger partial charge in [-0.15, -0.1) is 4.33 Å². The summed E-state index contributed by atoms with van der Waals surface area (Å²) in [7, 11) is -3.88. The van der Waals surface area contributed by atoms with Crippen molar-refractivity contribution in [3.05, 3.63) is 54.6 Å². The van der Waals surface area contributed by atoms with Crippen LogP contribution in [0.15, 0.2) is 64.4 Å². The molecule has 8 heteroatoms. The molecule has 0 heterocycles. The smallest absolute Gasteiger partial charge is 0.183 e. The van der Waals surface area contributed by atoms with Crippen LogP contribution >= 0.6 is 12.0 Å². The molecule has 0 aliphatic rings. The standard InChI is InChI=1S/C14H12O6S2/c15-14(16)10-22(17,18)13-8-6-12(7-9-13)21-20-19-11-4-2-1-3-5-11/h1-9H,10H2,(H,15,16)/p-1. The zero-order chi connectivity index (χ0) is 16.0. The van der Waals surface area contributed by atoms with E-state index in [-0.39, 0.29) is 4.90 Å². The first kappa shape index (κ1) is 16.3. The summed E-state index contributed by atoms with van der Waals surface area (Å²) < 4.78 is 28.3. The molecule has 0 aliphatic heterocycles. The third kappa shape index (κ3) is 4.76. The van der Waals surface area contributed by atoms with Crippen molar-refractivity contribution in [3.8, 4) is 5.75 Å². The van der Waals surface area contributed by atoms with Gasteiger partial charge in [0.25, 0.3) is 0 Å². The molecule has 0 amide bonds. The molecule has 0 spiro atoms. The highest BCUT2D eigenvalue weighted by Gasteiger charge is 2.14. The average molecular weight is 339 g/mol. The summed E-state index contributed by atoms with van der Waals surface area (Å²) in [5, 5.41) is 10.4. The van der Waals surface area contributed by atoms with Gasteiger partial charge in [-0.05, 0) is 36.4 Å². The minimum Gasteiger partial charge on any atom is -0.549 e. The zero-order valence-corrected chi connectivity index (χ0v) is 12.8. The van der Waals surface area contributed by atoms with Crippen LogP contribution in [0.3, 0.4) is 0 Å². The number of hydrogen-bond donors (Lipinski definition) is 0. The number of carboxylic acids is 1. The number of benzene rings is 2. The highest BCUT2D eigenvalue weighted by molar-refractivity contribution is 7.94. The molecule has 0 saturated heterocycles. The quantitative estimate of drug-likeness (QED) is 0.425. The van der Waals surface area contributed by atoms with E-state index in [2.05, 4.69) is 0 Å². The zero-order valence-electron chi connectivity index (χ0n) is 11.2. The van der Waals surface area contributed by atoms with Gasteiger partial charge in [0, 0.05) is 4.90 Å². The number of aliphatic carboxylic acids is 1. The monoisotopic (exact) mass is 339 g/mol. The van der Waals surface area contributed by atoms with E-state index in [0.717, 1.165) is 12.0 Å². The third-order valence-corrected chi connectivity index (χ3v) is 4.70. The second-order valence-electron chi connectivity index (χ2n) is 4.15. The predicted molar refractivity (Wildman–Crippen MR) is 77.5 cm³/mol. The largest absolute Gasteiger partial charge is 0.549 e. The summed E-state index contributed by atoms with van der Waals surface area (Å²) in [5.41, 5.74) is 0.